The Balaban J connectivity index is 2.30. The van der Waals surface area contributed by atoms with E-state index in [2.05, 4.69) is 47.4 Å². The molecule has 0 aliphatic heterocycles. The van der Waals surface area contributed by atoms with Crippen LogP contribution >= 0.6 is 0 Å². The van der Waals surface area contributed by atoms with Gasteiger partial charge in [-0.15, -0.1) is 0 Å². The fraction of sp³-hybridized carbons (Fsp3) is 0.333. The Morgan fingerprint density at radius 1 is 1.38 bits per heavy atom. The zero-order valence-electron chi connectivity index (χ0n) is 9.64. The van der Waals surface area contributed by atoms with Gasteiger partial charge in [-0.2, -0.15) is 5.10 Å². The minimum Gasteiger partial charge on any atom is -0.313 e. The fourth-order valence-electron chi connectivity index (χ4n) is 1.61. The molecule has 84 valence electrons. The van der Waals surface area contributed by atoms with Crippen LogP contribution in [-0.2, 0) is 6.54 Å². The SMILES string of the molecule is CCNCc1ccc(C)c(-n2cncn2)c1. The van der Waals surface area contributed by atoms with E-state index in [0.29, 0.717) is 0 Å². The molecule has 0 spiro atoms. The van der Waals surface area contributed by atoms with Crippen molar-refractivity contribution in [2.24, 2.45) is 0 Å². The second kappa shape index (κ2) is 4.90. The molecule has 0 amide bonds. The van der Waals surface area contributed by atoms with Gasteiger partial charge in [0, 0.05) is 6.54 Å². The van der Waals surface area contributed by atoms with Crippen LogP contribution in [-0.4, -0.2) is 21.3 Å². The van der Waals surface area contributed by atoms with Crippen LogP contribution in [0.4, 0.5) is 0 Å². The van der Waals surface area contributed by atoms with Gasteiger partial charge in [0.15, 0.2) is 0 Å². The first kappa shape index (κ1) is 10.8. The summed E-state index contributed by atoms with van der Waals surface area (Å²) in [6, 6.07) is 6.40. The summed E-state index contributed by atoms with van der Waals surface area (Å²) in [6.45, 7) is 6.05. The van der Waals surface area contributed by atoms with Crippen LogP contribution < -0.4 is 5.32 Å². The molecule has 1 aromatic heterocycles. The van der Waals surface area contributed by atoms with Crippen molar-refractivity contribution in [2.45, 2.75) is 20.4 Å². The van der Waals surface area contributed by atoms with Crippen molar-refractivity contribution >= 4 is 0 Å². The first-order chi connectivity index (χ1) is 7.81. The average Bonchev–Trinajstić information content (AvgIpc) is 2.81. The van der Waals surface area contributed by atoms with Crippen molar-refractivity contribution in [3.8, 4) is 5.69 Å². The molecule has 2 aromatic rings. The number of aryl methyl sites for hydroxylation is 1. The second-order valence-electron chi connectivity index (χ2n) is 3.74. The van der Waals surface area contributed by atoms with Crippen LogP contribution in [0, 0.1) is 6.92 Å². The number of nitrogens with one attached hydrogen (secondary N) is 1. The predicted molar refractivity (Wildman–Crippen MR) is 63.5 cm³/mol. The van der Waals surface area contributed by atoms with E-state index < -0.39 is 0 Å². The largest absolute Gasteiger partial charge is 0.313 e. The first-order valence-electron chi connectivity index (χ1n) is 5.46. The number of aromatic nitrogens is 3. The Labute approximate surface area is 95.3 Å². The normalized spacial score (nSPS) is 10.6. The standard InChI is InChI=1S/C12H16N4/c1-3-13-7-11-5-4-10(2)12(6-11)16-9-14-8-15-16/h4-6,8-9,13H,3,7H2,1-2H3. The molecule has 16 heavy (non-hydrogen) atoms. The molecule has 0 unspecified atom stereocenters. The Kier molecular flexibility index (Phi) is 3.31. The monoisotopic (exact) mass is 216 g/mol. The van der Waals surface area contributed by atoms with Gasteiger partial charge in [0.2, 0.25) is 0 Å². The quantitative estimate of drug-likeness (QED) is 0.845. The van der Waals surface area contributed by atoms with Crippen molar-refractivity contribution in [3.63, 3.8) is 0 Å². The second-order valence-corrected chi connectivity index (χ2v) is 3.74. The van der Waals surface area contributed by atoms with Crippen molar-refractivity contribution < 1.29 is 0 Å². The van der Waals surface area contributed by atoms with Crippen LogP contribution in [0.2, 0.25) is 0 Å². The number of hydrogen-bond donors (Lipinski definition) is 1. The summed E-state index contributed by atoms with van der Waals surface area (Å²) in [6.07, 6.45) is 3.27. The van der Waals surface area contributed by atoms with Gasteiger partial charge in [0.05, 0.1) is 5.69 Å². The summed E-state index contributed by atoms with van der Waals surface area (Å²) in [5.41, 5.74) is 3.55. The molecule has 0 bridgehead atoms. The van der Waals surface area contributed by atoms with Crippen LogP contribution in [0.3, 0.4) is 0 Å². The van der Waals surface area contributed by atoms with E-state index >= 15 is 0 Å². The van der Waals surface area contributed by atoms with E-state index in [4.69, 9.17) is 0 Å². The van der Waals surface area contributed by atoms with Gasteiger partial charge in [-0.05, 0) is 30.7 Å². The highest BCUT2D eigenvalue weighted by Gasteiger charge is 2.03. The third-order valence-corrected chi connectivity index (χ3v) is 2.52. The van der Waals surface area contributed by atoms with Crippen molar-refractivity contribution in [3.05, 3.63) is 42.0 Å². The lowest BCUT2D eigenvalue weighted by atomic mass is 10.1. The van der Waals surface area contributed by atoms with E-state index in [0.717, 1.165) is 18.8 Å². The van der Waals surface area contributed by atoms with Gasteiger partial charge in [0.25, 0.3) is 0 Å². The lowest BCUT2D eigenvalue weighted by molar-refractivity contribution is 0.725. The number of benzene rings is 1. The summed E-state index contributed by atoms with van der Waals surface area (Å²) >= 11 is 0. The summed E-state index contributed by atoms with van der Waals surface area (Å²) in [7, 11) is 0. The summed E-state index contributed by atoms with van der Waals surface area (Å²) in [4.78, 5) is 3.97. The van der Waals surface area contributed by atoms with Crippen LogP contribution in [0.1, 0.15) is 18.1 Å². The summed E-state index contributed by atoms with van der Waals surface area (Å²) in [5, 5.41) is 7.47. The minimum atomic E-state index is 0.887. The molecule has 0 saturated carbocycles. The molecule has 1 heterocycles. The highest BCUT2D eigenvalue weighted by atomic mass is 15.3. The molecule has 1 N–H and O–H groups in total. The average molecular weight is 216 g/mol. The maximum atomic E-state index is 4.15. The Bertz CT molecular complexity index is 448. The third kappa shape index (κ3) is 2.28. The summed E-state index contributed by atoms with van der Waals surface area (Å²) in [5.74, 6) is 0. The van der Waals surface area contributed by atoms with E-state index in [-0.39, 0.29) is 0 Å². The molecule has 0 atom stereocenters. The molecule has 1 aromatic carbocycles. The van der Waals surface area contributed by atoms with Gasteiger partial charge < -0.3 is 5.32 Å². The lowest BCUT2D eigenvalue weighted by Crippen LogP contribution is -2.12. The Morgan fingerprint density at radius 2 is 2.25 bits per heavy atom. The Hall–Kier alpha value is -1.68. The molecule has 4 heteroatoms. The molecule has 0 saturated heterocycles. The number of nitrogens with zero attached hydrogens (tertiary/aromatic N) is 3. The Morgan fingerprint density at radius 3 is 2.94 bits per heavy atom. The molecule has 0 aliphatic carbocycles. The maximum Gasteiger partial charge on any atom is 0.138 e. The minimum absolute atomic E-state index is 0.887. The molecular formula is C12H16N4. The predicted octanol–water partition coefficient (Wildman–Crippen LogP) is 1.69. The van der Waals surface area contributed by atoms with E-state index in [1.165, 1.54) is 11.1 Å². The lowest BCUT2D eigenvalue weighted by Gasteiger charge is -2.08. The fourth-order valence-corrected chi connectivity index (χ4v) is 1.61. The number of rotatable bonds is 4. The van der Waals surface area contributed by atoms with E-state index in [9.17, 15) is 0 Å². The highest BCUT2D eigenvalue weighted by Crippen LogP contribution is 2.14. The van der Waals surface area contributed by atoms with Crippen LogP contribution in [0.5, 0.6) is 0 Å². The smallest absolute Gasteiger partial charge is 0.138 e. The van der Waals surface area contributed by atoms with Crippen LogP contribution in [0.15, 0.2) is 30.9 Å². The van der Waals surface area contributed by atoms with Crippen molar-refractivity contribution in [1.29, 1.82) is 0 Å². The van der Waals surface area contributed by atoms with Gasteiger partial charge in [-0.1, -0.05) is 19.1 Å². The first-order valence-corrected chi connectivity index (χ1v) is 5.46. The van der Waals surface area contributed by atoms with E-state index in [1.807, 2.05) is 0 Å². The zero-order valence-corrected chi connectivity index (χ0v) is 9.64. The van der Waals surface area contributed by atoms with Gasteiger partial charge in [0.1, 0.15) is 12.7 Å². The van der Waals surface area contributed by atoms with Crippen LogP contribution in [0.25, 0.3) is 5.69 Å². The molecule has 4 nitrogen and oxygen atoms in total. The third-order valence-electron chi connectivity index (χ3n) is 2.52. The number of hydrogen-bond acceptors (Lipinski definition) is 3. The van der Waals surface area contributed by atoms with Gasteiger partial charge >= 0.3 is 0 Å². The topological polar surface area (TPSA) is 42.7 Å². The van der Waals surface area contributed by atoms with Crippen molar-refractivity contribution in [2.75, 3.05) is 6.54 Å². The molecule has 0 aliphatic rings. The molecule has 0 radical (unpaired) electrons. The molecule has 2 rings (SSSR count). The highest BCUT2D eigenvalue weighted by molar-refractivity contribution is 5.42. The van der Waals surface area contributed by atoms with Gasteiger partial charge in [-0.25, -0.2) is 9.67 Å². The zero-order chi connectivity index (χ0) is 11.4. The van der Waals surface area contributed by atoms with E-state index in [1.54, 1.807) is 17.3 Å². The maximum absolute atomic E-state index is 4.15. The van der Waals surface area contributed by atoms with Gasteiger partial charge in [-0.3, -0.25) is 0 Å². The molecule has 0 fully saturated rings. The summed E-state index contributed by atoms with van der Waals surface area (Å²) < 4.78 is 1.80. The van der Waals surface area contributed by atoms with Crippen molar-refractivity contribution in [1.82, 2.24) is 20.1 Å². The molecular weight excluding hydrogens is 200 g/mol.